The SMILES string of the molecule is O=C1NNCCN1C1CC(O)C1. The number of rotatable bonds is 1. The van der Waals surface area contributed by atoms with Crippen LogP contribution in [0.5, 0.6) is 0 Å². The van der Waals surface area contributed by atoms with E-state index in [0.29, 0.717) is 0 Å². The molecule has 68 valence electrons. The van der Waals surface area contributed by atoms with Crippen LogP contribution in [-0.2, 0) is 0 Å². The molecule has 1 aliphatic carbocycles. The van der Waals surface area contributed by atoms with Gasteiger partial charge in [0.2, 0.25) is 0 Å². The zero-order valence-corrected chi connectivity index (χ0v) is 6.79. The van der Waals surface area contributed by atoms with Crippen LogP contribution in [0, 0.1) is 0 Å². The van der Waals surface area contributed by atoms with Gasteiger partial charge in [-0.25, -0.2) is 10.2 Å². The lowest BCUT2D eigenvalue weighted by Gasteiger charge is -2.42. The van der Waals surface area contributed by atoms with E-state index in [0.717, 1.165) is 25.9 Å². The molecule has 0 bridgehead atoms. The highest BCUT2D eigenvalue weighted by molar-refractivity contribution is 5.74. The lowest BCUT2D eigenvalue weighted by atomic mass is 9.88. The van der Waals surface area contributed by atoms with Crippen LogP contribution in [0.2, 0.25) is 0 Å². The van der Waals surface area contributed by atoms with E-state index >= 15 is 0 Å². The third kappa shape index (κ3) is 1.25. The van der Waals surface area contributed by atoms with E-state index in [9.17, 15) is 4.79 Å². The van der Waals surface area contributed by atoms with E-state index in [1.165, 1.54) is 0 Å². The summed E-state index contributed by atoms with van der Waals surface area (Å²) in [4.78, 5) is 13.0. The standard InChI is InChI=1S/C7H13N3O2/c11-6-3-5(4-6)10-2-1-8-9-7(10)12/h5-6,8,11H,1-4H2,(H,9,12). The molecule has 1 saturated heterocycles. The van der Waals surface area contributed by atoms with Gasteiger partial charge < -0.3 is 10.0 Å². The number of hydrogen-bond acceptors (Lipinski definition) is 3. The summed E-state index contributed by atoms with van der Waals surface area (Å²) in [7, 11) is 0. The molecular weight excluding hydrogens is 158 g/mol. The molecule has 3 N–H and O–H groups in total. The predicted molar refractivity (Wildman–Crippen MR) is 42.3 cm³/mol. The number of amides is 2. The third-order valence-electron chi connectivity index (χ3n) is 2.46. The lowest BCUT2D eigenvalue weighted by Crippen LogP contribution is -2.61. The molecule has 0 aromatic carbocycles. The van der Waals surface area contributed by atoms with Crippen molar-refractivity contribution in [3.05, 3.63) is 0 Å². The molecule has 1 saturated carbocycles. The Morgan fingerprint density at radius 1 is 1.50 bits per heavy atom. The normalized spacial score (nSPS) is 35.8. The number of hydrogen-bond donors (Lipinski definition) is 3. The maximum absolute atomic E-state index is 11.2. The molecule has 1 heterocycles. The maximum Gasteiger partial charge on any atom is 0.332 e. The number of urea groups is 1. The zero-order valence-electron chi connectivity index (χ0n) is 6.79. The summed E-state index contributed by atoms with van der Waals surface area (Å²) in [6.07, 6.45) is 1.26. The highest BCUT2D eigenvalue weighted by Gasteiger charge is 2.35. The summed E-state index contributed by atoms with van der Waals surface area (Å²) in [5.74, 6) is 0. The summed E-state index contributed by atoms with van der Waals surface area (Å²) in [6, 6.07) is 0.181. The molecule has 1 aliphatic heterocycles. The summed E-state index contributed by atoms with van der Waals surface area (Å²) in [6.45, 7) is 1.52. The molecule has 0 aromatic rings. The number of nitrogens with one attached hydrogen (secondary N) is 2. The Morgan fingerprint density at radius 3 is 2.83 bits per heavy atom. The number of hydrazine groups is 1. The molecule has 0 unspecified atom stereocenters. The monoisotopic (exact) mass is 171 g/mol. The van der Waals surface area contributed by atoms with Crippen LogP contribution in [-0.4, -0.2) is 41.3 Å². The van der Waals surface area contributed by atoms with Crippen LogP contribution in [0.15, 0.2) is 0 Å². The predicted octanol–water partition coefficient (Wildman–Crippen LogP) is -0.961. The van der Waals surface area contributed by atoms with Gasteiger partial charge in [0, 0.05) is 19.1 Å². The second kappa shape index (κ2) is 2.91. The van der Waals surface area contributed by atoms with Crippen LogP contribution in [0.1, 0.15) is 12.8 Å². The fourth-order valence-corrected chi connectivity index (χ4v) is 1.65. The van der Waals surface area contributed by atoms with Gasteiger partial charge in [-0.15, -0.1) is 0 Å². The minimum Gasteiger partial charge on any atom is -0.393 e. The zero-order chi connectivity index (χ0) is 8.55. The first-order chi connectivity index (χ1) is 5.77. The highest BCUT2D eigenvalue weighted by Crippen LogP contribution is 2.25. The number of carbonyl (C=O) groups excluding carboxylic acids is 1. The first-order valence-electron chi connectivity index (χ1n) is 4.25. The Bertz CT molecular complexity index is 191. The van der Waals surface area contributed by atoms with Crippen LogP contribution in [0.3, 0.4) is 0 Å². The summed E-state index contributed by atoms with van der Waals surface area (Å²) in [5, 5.41) is 9.06. The van der Waals surface area contributed by atoms with Crippen LogP contribution < -0.4 is 10.9 Å². The molecular formula is C7H13N3O2. The van der Waals surface area contributed by atoms with Gasteiger partial charge in [0.25, 0.3) is 0 Å². The Balaban J connectivity index is 1.89. The van der Waals surface area contributed by atoms with Gasteiger partial charge in [-0.1, -0.05) is 0 Å². The molecule has 12 heavy (non-hydrogen) atoms. The molecule has 2 aliphatic rings. The van der Waals surface area contributed by atoms with Gasteiger partial charge in [0.1, 0.15) is 0 Å². The Labute approximate surface area is 70.7 Å². The van der Waals surface area contributed by atoms with Crippen LogP contribution in [0.4, 0.5) is 4.79 Å². The average Bonchev–Trinajstić information content (AvgIpc) is 2.01. The third-order valence-corrected chi connectivity index (χ3v) is 2.46. The molecule has 2 fully saturated rings. The van der Waals surface area contributed by atoms with Crippen molar-refractivity contribution >= 4 is 6.03 Å². The molecule has 0 radical (unpaired) electrons. The van der Waals surface area contributed by atoms with E-state index in [1.54, 1.807) is 4.90 Å². The van der Waals surface area contributed by atoms with Crippen molar-refractivity contribution in [3.8, 4) is 0 Å². The Kier molecular flexibility index (Phi) is 1.90. The second-order valence-electron chi connectivity index (χ2n) is 3.33. The summed E-state index contributed by atoms with van der Waals surface area (Å²) < 4.78 is 0. The fourth-order valence-electron chi connectivity index (χ4n) is 1.65. The van der Waals surface area contributed by atoms with Crippen molar-refractivity contribution < 1.29 is 9.90 Å². The lowest BCUT2D eigenvalue weighted by molar-refractivity contribution is 0.0129. The second-order valence-corrected chi connectivity index (χ2v) is 3.33. The number of carbonyl (C=O) groups is 1. The van der Waals surface area contributed by atoms with Gasteiger partial charge >= 0.3 is 6.03 Å². The fraction of sp³-hybridized carbons (Fsp3) is 0.857. The van der Waals surface area contributed by atoms with Crippen molar-refractivity contribution in [2.45, 2.75) is 25.0 Å². The number of nitrogens with zero attached hydrogens (tertiary/aromatic N) is 1. The number of aliphatic hydroxyl groups is 1. The first kappa shape index (κ1) is 7.82. The van der Waals surface area contributed by atoms with Crippen molar-refractivity contribution in [1.82, 2.24) is 15.8 Å². The number of aliphatic hydroxyl groups excluding tert-OH is 1. The molecule has 2 amide bonds. The van der Waals surface area contributed by atoms with Gasteiger partial charge in [-0.2, -0.15) is 0 Å². The minimum atomic E-state index is -0.197. The summed E-state index contributed by atoms with van der Waals surface area (Å²) >= 11 is 0. The molecule has 0 aromatic heterocycles. The maximum atomic E-state index is 11.2. The largest absolute Gasteiger partial charge is 0.393 e. The van der Waals surface area contributed by atoms with Crippen molar-refractivity contribution in [2.24, 2.45) is 0 Å². The first-order valence-corrected chi connectivity index (χ1v) is 4.25. The molecule has 5 heteroatoms. The van der Waals surface area contributed by atoms with E-state index < -0.39 is 0 Å². The van der Waals surface area contributed by atoms with E-state index in [4.69, 9.17) is 5.11 Å². The van der Waals surface area contributed by atoms with Crippen molar-refractivity contribution in [2.75, 3.05) is 13.1 Å². The van der Waals surface area contributed by atoms with Crippen molar-refractivity contribution in [1.29, 1.82) is 0 Å². The topological polar surface area (TPSA) is 64.6 Å². The van der Waals surface area contributed by atoms with Crippen LogP contribution in [0.25, 0.3) is 0 Å². The van der Waals surface area contributed by atoms with E-state index in [2.05, 4.69) is 10.9 Å². The van der Waals surface area contributed by atoms with Crippen molar-refractivity contribution in [3.63, 3.8) is 0 Å². The molecule has 0 spiro atoms. The van der Waals surface area contributed by atoms with E-state index in [-0.39, 0.29) is 18.2 Å². The van der Waals surface area contributed by atoms with Gasteiger partial charge in [0.15, 0.2) is 0 Å². The Morgan fingerprint density at radius 2 is 2.25 bits per heavy atom. The van der Waals surface area contributed by atoms with Gasteiger partial charge in [-0.3, -0.25) is 5.43 Å². The van der Waals surface area contributed by atoms with Gasteiger partial charge in [-0.05, 0) is 12.8 Å². The van der Waals surface area contributed by atoms with E-state index in [1.807, 2.05) is 0 Å². The Hall–Kier alpha value is -0.810. The highest BCUT2D eigenvalue weighted by atomic mass is 16.3. The van der Waals surface area contributed by atoms with Gasteiger partial charge in [0.05, 0.1) is 6.10 Å². The summed E-state index contributed by atoms with van der Waals surface area (Å²) in [5.41, 5.74) is 5.33. The quantitative estimate of drug-likeness (QED) is 0.476. The molecule has 5 nitrogen and oxygen atoms in total. The smallest absolute Gasteiger partial charge is 0.332 e. The minimum absolute atomic E-state index is 0.0712. The average molecular weight is 171 g/mol. The molecule has 2 rings (SSSR count). The van der Waals surface area contributed by atoms with Crippen LogP contribution >= 0.6 is 0 Å². The molecule has 0 atom stereocenters.